The summed E-state index contributed by atoms with van der Waals surface area (Å²) < 4.78 is 14.2. The van der Waals surface area contributed by atoms with Crippen molar-refractivity contribution >= 4 is 46.8 Å². The zero-order chi connectivity index (χ0) is 22.1. The highest BCUT2D eigenvalue weighted by Crippen LogP contribution is 2.25. The molecular weight excluding hydrogens is 446 g/mol. The molecule has 8 heteroatoms. The normalized spacial score (nSPS) is 11.8. The quantitative estimate of drug-likeness (QED) is 0.511. The van der Waals surface area contributed by atoms with Gasteiger partial charge in [0.25, 0.3) is 0 Å². The van der Waals surface area contributed by atoms with Crippen LogP contribution in [0.3, 0.4) is 0 Å². The van der Waals surface area contributed by atoms with Crippen LogP contribution in [0.5, 0.6) is 0 Å². The SMILES string of the molecule is CCCNC(=O)[C@H](C)N(Cc1ccccc1F)C(=O)CSCc1ccc(Cl)c(Cl)c1. The number of nitrogens with zero attached hydrogens (tertiary/aromatic N) is 1. The first kappa shape index (κ1) is 24.5. The minimum Gasteiger partial charge on any atom is -0.354 e. The van der Waals surface area contributed by atoms with E-state index in [9.17, 15) is 14.0 Å². The molecule has 0 saturated heterocycles. The van der Waals surface area contributed by atoms with Gasteiger partial charge >= 0.3 is 0 Å². The fourth-order valence-electron chi connectivity index (χ4n) is 2.76. The molecule has 0 aliphatic heterocycles. The molecule has 0 unspecified atom stereocenters. The highest BCUT2D eigenvalue weighted by Gasteiger charge is 2.26. The van der Waals surface area contributed by atoms with Gasteiger partial charge in [-0.2, -0.15) is 0 Å². The van der Waals surface area contributed by atoms with Gasteiger partial charge in [-0.05, 0) is 37.1 Å². The molecule has 2 aromatic carbocycles. The van der Waals surface area contributed by atoms with Crippen molar-refractivity contribution in [2.24, 2.45) is 0 Å². The highest BCUT2D eigenvalue weighted by atomic mass is 35.5. The molecule has 0 saturated carbocycles. The third-order valence-electron chi connectivity index (χ3n) is 4.49. The van der Waals surface area contributed by atoms with Gasteiger partial charge in [-0.15, -0.1) is 11.8 Å². The Morgan fingerprint density at radius 2 is 1.90 bits per heavy atom. The Bertz CT molecular complexity index is 882. The molecule has 0 aromatic heterocycles. The van der Waals surface area contributed by atoms with E-state index in [4.69, 9.17) is 23.2 Å². The fraction of sp³-hybridized carbons (Fsp3) is 0.364. The van der Waals surface area contributed by atoms with Crippen molar-refractivity contribution in [3.8, 4) is 0 Å². The van der Waals surface area contributed by atoms with Crippen molar-refractivity contribution in [2.45, 2.75) is 38.6 Å². The van der Waals surface area contributed by atoms with Gasteiger partial charge < -0.3 is 10.2 Å². The molecule has 0 radical (unpaired) electrons. The lowest BCUT2D eigenvalue weighted by molar-refractivity contribution is -0.138. The standard InChI is InChI=1S/C22H25Cl2FN2O2S/c1-3-10-26-22(29)15(2)27(12-17-6-4-5-7-20(17)25)21(28)14-30-13-16-8-9-18(23)19(24)11-16/h4-9,11,15H,3,10,12-14H2,1-2H3,(H,26,29)/t15-/m0/s1. The summed E-state index contributed by atoms with van der Waals surface area (Å²) in [5, 5.41) is 3.74. The molecule has 1 atom stereocenters. The molecule has 1 N–H and O–H groups in total. The van der Waals surface area contributed by atoms with Crippen molar-refractivity contribution in [2.75, 3.05) is 12.3 Å². The summed E-state index contributed by atoms with van der Waals surface area (Å²) in [4.78, 5) is 26.8. The molecule has 0 fully saturated rings. The minimum absolute atomic E-state index is 0.0273. The number of hydrogen-bond donors (Lipinski definition) is 1. The van der Waals surface area contributed by atoms with Crippen molar-refractivity contribution in [1.29, 1.82) is 0 Å². The molecule has 162 valence electrons. The lowest BCUT2D eigenvalue weighted by Gasteiger charge is -2.29. The van der Waals surface area contributed by atoms with Crippen LogP contribution in [0.4, 0.5) is 4.39 Å². The van der Waals surface area contributed by atoms with E-state index >= 15 is 0 Å². The molecule has 2 amide bonds. The van der Waals surface area contributed by atoms with Crippen LogP contribution in [0.25, 0.3) is 0 Å². The highest BCUT2D eigenvalue weighted by molar-refractivity contribution is 7.99. The van der Waals surface area contributed by atoms with Gasteiger partial charge in [0.1, 0.15) is 11.9 Å². The van der Waals surface area contributed by atoms with Gasteiger partial charge in [0.15, 0.2) is 0 Å². The number of halogens is 3. The molecule has 4 nitrogen and oxygen atoms in total. The summed E-state index contributed by atoms with van der Waals surface area (Å²) in [6.45, 7) is 4.16. The lowest BCUT2D eigenvalue weighted by atomic mass is 10.1. The van der Waals surface area contributed by atoms with E-state index in [2.05, 4.69) is 5.32 Å². The largest absolute Gasteiger partial charge is 0.354 e. The number of carbonyl (C=O) groups excluding carboxylic acids is 2. The van der Waals surface area contributed by atoms with Crippen molar-refractivity contribution in [1.82, 2.24) is 10.2 Å². The fourth-order valence-corrected chi connectivity index (χ4v) is 3.94. The van der Waals surface area contributed by atoms with Gasteiger partial charge in [-0.3, -0.25) is 9.59 Å². The number of rotatable bonds is 10. The van der Waals surface area contributed by atoms with E-state index in [0.717, 1.165) is 12.0 Å². The monoisotopic (exact) mass is 470 g/mol. The maximum absolute atomic E-state index is 14.2. The Labute approximate surface area is 191 Å². The smallest absolute Gasteiger partial charge is 0.242 e. The Balaban J connectivity index is 2.07. The van der Waals surface area contributed by atoms with E-state index in [1.54, 1.807) is 37.3 Å². The predicted octanol–water partition coefficient (Wildman–Crippen LogP) is 5.31. The molecule has 2 aromatic rings. The van der Waals surface area contributed by atoms with Gasteiger partial charge in [0.2, 0.25) is 11.8 Å². The molecule has 0 aliphatic rings. The molecule has 2 rings (SSSR count). The second-order valence-corrected chi connectivity index (χ2v) is 8.62. The van der Waals surface area contributed by atoms with Crippen LogP contribution < -0.4 is 5.32 Å². The second kappa shape index (κ2) is 12.2. The topological polar surface area (TPSA) is 49.4 Å². The third kappa shape index (κ3) is 7.18. The number of benzene rings is 2. The maximum Gasteiger partial charge on any atom is 0.242 e. The van der Waals surface area contributed by atoms with Gasteiger partial charge in [0, 0.05) is 24.4 Å². The number of carbonyl (C=O) groups is 2. The van der Waals surface area contributed by atoms with E-state index in [1.807, 2.05) is 13.0 Å². The van der Waals surface area contributed by atoms with Crippen molar-refractivity contribution < 1.29 is 14.0 Å². The number of amides is 2. The van der Waals surface area contributed by atoms with Gasteiger partial charge in [-0.25, -0.2) is 4.39 Å². The molecular formula is C22H25Cl2FN2O2S. The molecule has 0 aliphatic carbocycles. The van der Waals surface area contributed by atoms with Crippen molar-refractivity contribution in [3.05, 3.63) is 69.5 Å². The Hall–Kier alpha value is -1.76. The Morgan fingerprint density at radius 1 is 1.17 bits per heavy atom. The molecule has 0 bridgehead atoms. The first-order valence-electron chi connectivity index (χ1n) is 9.65. The first-order valence-corrected chi connectivity index (χ1v) is 11.6. The van der Waals surface area contributed by atoms with E-state index in [1.165, 1.54) is 22.7 Å². The van der Waals surface area contributed by atoms with Crippen LogP contribution in [-0.2, 0) is 21.9 Å². The Morgan fingerprint density at radius 3 is 2.57 bits per heavy atom. The Kier molecular flexibility index (Phi) is 9.95. The van der Waals surface area contributed by atoms with Crippen LogP contribution >= 0.6 is 35.0 Å². The van der Waals surface area contributed by atoms with E-state index < -0.39 is 11.9 Å². The maximum atomic E-state index is 14.2. The van der Waals surface area contributed by atoms with Crippen LogP contribution in [0.15, 0.2) is 42.5 Å². The van der Waals surface area contributed by atoms with E-state index in [-0.39, 0.29) is 24.1 Å². The van der Waals surface area contributed by atoms with Crippen LogP contribution in [0.1, 0.15) is 31.4 Å². The number of thioether (sulfide) groups is 1. The van der Waals surface area contributed by atoms with Crippen LogP contribution in [-0.4, -0.2) is 35.1 Å². The number of hydrogen-bond acceptors (Lipinski definition) is 3. The molecule has 30 heavy (non-hydrogen) atoms. The zero-order valence-electron chi connectivity index (χ0n) is 17.0. The lowest BCUT2D eigenvalue weighted by Crippen LogP contribution is -2.48. The summed E-state index contributed by atoms with van der Waals surface area (Å²) in [5.74, 6) is -0.175. The average Bonchev–Trinajstić information content (AvgIpc) is 2.73. The van der Waals surface area contributed by atoms with Crippen LogP contribution in [0, 0.1) is 5.82 Å². The van der Waals surface area contributed by atoms with E-state index in [0.29, 0.717) is 27.9 Å². The second-order valence-electron chi connectivity index (χ2n) is 6.82. The van der Waals surface area contributed by atoms with Gasteiger partial charge in [-0.1, -0.05) is 54.4 Å². The third-order valence-corrected chi connectivity index (χ3v) is 6.22. The predicted molar refractivity (Wildman–Crippen MR) is 122 cm³/mol. The summed E-state index contributed by atoms with van der Waals surface area (Å²) in [6.07, 6.45) is 0.791. The van der Waals surface area contributed by atoms with Crippen molar-refractivity contribution in [3.63, 3.8) is 0 Å². The average molecular weight is 471 g/mol. The number of nitrogens with one attached hydrogen (secondary N) is 1. The zero-order valence-corrected chi connectivity index (χ0v) is 19.3. The summed E-state index contributed by atoms with van der Waals surface area (Å²) >= 11 is 13.4. The first-order chi connectivity index (χ1) is 14.3. The molecule has 0 spiro atoms. The van der Waals surface area contributed by atoms with Gasteiger partial charge in [0.05, 0.1) is 15.8 Å². The molecule has 0 heterocycles. The summed E-state index contributed by atoms with van der Waals surface area (Å²) in [6, 6.07) is 10.9. The summed E-state index contributed by atoms with van der Waals surface area (Å²) in [7, 11) is 0. The minimum atomic E-state index is -0.714. The summed E-state index contributed by atoms with van der Waals surface area (Å²) in [5.41, 5.74) is 1.31. The van der Waals surface area contributed by atoms with Crippen LogP contribution in [0.2, 0.25) is 10.0 Å².